The third-order valence-electron chi connectivity index (χ3n) is 4.02. The molecule has 0 aromatic heterocycles. The number of hydrogen-bond donors (Lipinski definition) is 0. The van der Waals surface area contributed by atoms with Crippen LogP contribution in [-0.4, -0.2) is 16.1 Å². The Balaban J connectivity index is 5.97. The molecule has 0 aliphatic carbocycles. The summed E-state index contributed by atoms with van der Waals surface area (Å²) in [7, 11) is -3.10. The normalized spacial score (nSPS) is 11.9. The maximum Gasteiger partial charge on any atom is 0.146 e. The van der Waals surface area contributed by atoms with Gasteiger partial charge >= 0.3 is 0 Å². The van der Waals surface area contributed by atoms with Crippen LogP contribution in [0.1, 0.15) is 41.5 Å². The van der Waals surface area contributed by atoms with Gasteiger partial charge in [-0.05, 0) is 48.5 Å². The third-order valence-corrected chi connectivity index (χ3v) is 12.0. The Morgan fingerprint density at radius 1 is 0.727 bits per heavy atom. The Morgan fingerprint density at radius 2 is 1.09 bits per heavy atom. The van der Waals surface area contributed by atoms with E-state index < -0.39 is 16.1 Å². The lowest BCUT2D eigenvalue weighted by molar-refractivity contribution is 0.838. The van der Waals surface area contributed by atoms with Gasteiger partial charge in [-0.2, -0.15) is 0 Å². The first-order valence-corrected chi connectivity index (χ1v) is 15.3. The van der Waals surface area contributed by atoms with Gasteiger partial charge < -0.3 is 0 Å². The van der Waals surface area contributed by atoms with Crippen molar-refractivity contribution in [2.24, 2.45) is 0 Å². The zero-order valence-corrected chi connectivity index (χ0v) is 20.7. The summed E-state index contributed by atoms with van der Waals surface area (Å²) in [5, 5.41) is 0. The van der Waals surface area contributed by atoms with Gasteiger partial charge in [-0.15, -0.1) is 11.1 Å². The number of halogens is 2. The molecule has 0 radical (unpaired) electrons. The van der Waals surface area contributed by atoms with Crippen molar-refractivity contribution in [1.29, 1.82) is 0 Å². The largest absolute Gasteiger partial charge is 0.146 e. The van der Waals surface area contributed by atoms with E-state index in [2.05, 4.69) is 116 Å². The van der Waals surface area contributed by atoms with E-state index in [1.165, 1.54) is 0 Å². The Labute approximate surface area is 157 Å². The fourth-order valence-corrected chi connectivity index (χ4v) is 9.08. The van der Waals surface area contributed by atoms with E-state index in [0.717, 1.165) is 8.96 Å². The molecule has 0 amide bonds. The number of allylic oxidation sites excluding steroid dienone is 1. The van der Waals surface area contributed by atoms with Gasteiger partial charge in [-0.1, -0.05) is 73.0 Å². The molecule has 0 rings (SSSR count). The zero-order valence-electron chi connectivity index (χ0n) is 15.5. The van der Waals surface area contributed by atoms with Crippen LogP contribution >= 0.6 is 31.9 Å². The minimum absolute atomic E-state index is 0.639. The van der Waals surface area contributed by atoms with Gasteiger partial charge in [0.2, 0.25) is 0 Å². The van der Waals surface area contributed by atoms with Crippen LogP contribution in [0.25, 0.3) is 0 Å². The van der Waals surface area contributed by atoms with Crippen LogP contribution in [0.2, 0.25) is 36.3 Å². The lowest BCUT2D eigenvalue weighted by Gasteiger charge is -2.38. The van der Waals surface area contributed by atoms with Crippen LogP contribution < -0.4 is 0 Å². The van der Waals surface area contributed by atoms with Gasteiger partial charge in [-0.25, -0.2) is 0 Å². The Kier molecular flexibility index (Phi) is 9.03. The molecule has 0 N–H and O–H groups in total. The first-order valence-electron chi connectivity index (χ1n) is 7.96. The Morgan fingerprint density at radius 3 is 1.36 bits per heavy atom. The van der Waals surface area contributed by atoms with Crippen molar-refractivity contribution < 1.29 is 0 Å². The predicted octanol–water partition coefficient (Wildman–Crippen LogP) is 7.09. The molecule has 0 unspecified atom stereocenters. The van der Waals surface area contributed by atoms with E-state index in [0.29, 0.717) is 16.6 Å². The summed E-state index contributed by atoms with van der Waals surface area (Å²) in [5.74, 6) is 6.72. The molecule has 0 heterocycles. The molecule has 0 aliphatic heterocycles. The highest BCUT2D eigenvalue weighted by molar-refractivity contribution is 9.28. The molecule has 0 aromatic rings. The van der Waals surface area contributed by atoms with Crippen molar-refractivity contribution in [1.82, 2.24) is 0 Å². The van der Waals surface area contributed by atoms with E-state index in [1.807, 2.05) is 0 Å². The Hall–Kier alpha value is 0.254. The van der Waals surface area contributed by atoms with Crippen molar-refractivity contribution in [3.63, 3.8) is 0 Å². The van der Waals surface area contributed by atoms with E-state index in [4.69, 9.17) is 0 Å². The van der Waals surface area contributed by atoms with E-state index in [-0.39, 0.29) is 0 Å². The molecule has 0 saturated carbocycles. The van der Waals surface area contributed by atoms with Crippen molar-refractivity contribution in [3.8, 4) is 22.9 Å². The fraction of sp³-hybridized carbons (Fsp3) is 0.667. The maximum absolute atomic E-state index is 3.73. The standard InChI is InChI=1S/C18H30Br2Si2/c1-14(2)22(15(3)4,16(5)6)13-11-17(18(19)20)10-12-21(7,8)9/h14-16H,1-9H3. The first kappa shape index (κ1) is 22.3. The smallest absolute Gasteiger partial charge is 0.126 e. The highest BCUT2D eigenvalue weighted by Gasteiger charge is 2.41. The van der Waals surface area contributed by atoms with Gasteiger partial charge in [0, 0.05) is 0 Å². The molecule has 0 spiro atoms. The average molecular weight is 462 g/mol. The summed E-state index contributed by atoms with van der Waals surface area (Å²) in [5.41, 5.74) is 9.95. The van der Waals surface area contributed by atoms with Gasteiger partial charge in [-0.3, -0.25) is 0 Å². The van der Waals surface area contributed by atoms with Crippen LogP contribution in [-0.2, 0) is 0 Å². The van der Waals surface area contributed by atoms with Gasteiger partial charge in [0.05, 0.1) is 8.96 Å². The minimum atomic E-state index is -1.70. The molecule has 4 heteroatoms. The minimum Gasteiger partial charge on any atom is -0.126 e. The molecule has 0 bridgehead atoms. The molecule has 22 heavy (non-hydrogen) atoms. The molecule has 0 saturated heterocycles. The first-order chi connectivity index (χ1) is 9.84. The molecular formula is C18H30Br2Si2. The maximum atomic E-state index is 3.73. The summed E-state index contributed by atoms with van der Waals surface area (Å²) < 4.78 is 0.873. The quantitative estimate of drug-likeness (QED) is 0.310. The average Bonchev–Trinajstić information content (AvgIpc) is 2.30. The summed E-state index contributed by atoms with van der Waals surface area (Å²) in [6, 6.07) is 0. The SMILES string of the molecule is CC(C)[Si](C#CC(C#C[Si](C)(C)C)=C(Br)Br)(C(C)C)C(C)C. The fourth-order valence-electron chi connectivity index (χ4n) is 2.98. The predicted molar refractivity (Wildman–Crippen MR) is 115 cm³/mol. The molecule has 124 valence electrons. The summed E-state index contributed by atoms with van der Waals surface area (Å²) in [6.07, 6.45) is 0. The van der Waals surface area contributed by atoms with Gasteiger partial charge in [0.25, 0.3) is 0 Å². The highest BCUT2D eigenvalue weighted by Crippen LogP contribution is 2.40. The second kappa shape index (κ2) is 8.93. The topological polar surface area (TPSA) is 0 Å². The lowest BCUT2D eigenvalue weighted by Crippen LogP contribution is -2.43. The van der Waals surface area contributed by atoms with Crippen molar-refractivity contribution in [2.75, 3.05) is 0 Å². The van der Waals surface area contributed by atoms with Crippen LogP contribution in [0.3, 0.4) is 0 Å². The summed E-state index contributed by atoms with van der Waals surface area (Å²) >= 11 is 7.02. The van der Waals surface area contributed by atoms with Gasteiger partial charge in [0.15, 0.2) is 0 Å². The van der Waals surface area contributed by atoms with E-state index in [1.54, 1.807) is 0 Å². The highest BCUT2D eigenvalue weighted by atomic mass is 79.9. The van der Waals surface area contributed by atoms with E-state index >= 15 is 0 Å². The van der Waals surface area contributed by atoms with Crippen molar-refractivity contribution in [3.05, 3.63) is 8.96 Å². The van der Waals surface area contributed by atoms with Crippen LogP contribution in [0, 0.1) is 22.9 Å². The Bertz CT molecular complexity index is 504. The second-order valence-electron chi connectivity index (χ2n) is 7.78. The summed E-state index contributed by atoms with van der Waals surface area (Å²) in [4.78, 5) is 0. The molecule has 0 fully saturated rings. The van der Waals surface area contributed by atoms with Crippen molar-refractivity contribution in [2.45, 2.75) is 77.8 Å². The monoisotopic (exact) mass is 460 g/mol. The van der Waals surface area contributed by atoms with Crippen LogP contribution in [0.4, 0.5) is 0 Å². The van der Waals surface area contributed by atoms with Gasteiger partial charge in [0.1, 0.15) is 16.1 Å². The molecular weight excluding hydrogens is 432 g/mol. The molecule has 0 aromatic carbocycles. The lowest BCUT2D eigenvalue weighted by atomic mass is 10.3. The number of hydrogen-bond acceptors (Lipinski definition) is 0. The molecule has 0 aliphatic rings. The molecule has 0 nitrogen and oxygen atoms in total. The second-order valence-corrected chi connectivity index (χ2v) is 20.8. The van der Waals surface area contributed by atoms with Crippen LogP contribution in [0.5, 0.6) is 0 Å². The van der Waals surface area contributed by atoms with Crippen LogP contribution in [0.15, 0.2) is 8.96 Å². The summed E-state index contributed by atoms with van der Waals surface area (Å²) in [6.45, 7) is 20.8. The third kappa shape index (κ3) is 6.40. The number of rotatable bonds is 3. The van der Waals surface area contributed by atoms with E-state index in [9.17, 15) is 0 Å². The molecule has 0 atom stereocenters. The van der Waals surface area contributed by atoms with Crippen molar-refractivity contribution >= 4 is 48.0 Å². The zero-order chi connectivity index (χ0) is 17.7.